The fourth-order valence-electron chi connectivity index (χ4n) is 3.58. The Bertz CT molecular complexity index is 1140. The molecule has 0 atom stereocenters. The second-order valence-corrected chi connectivity index (χ2v) is 7.14. The van der Waals surface area contributed by atoms with Gasteiger partial charge in [0.1, 0.15) is 0 Å². The van der Waals surface area contributed by atoms with Crippen LogP contribution in [0, 0.1) is 0 Å². The maximum atomic E-state index is 3.82. The highest BCUT2D eigenvalue weighted by atomic mass is 79.9. The monoisotopic (exact) mass is 370 g/mol. The minimum absolute atomic E-state index is 1.10. The maximum Gasteiger partial charge on any atom is 0.0260 e. The number of hydrogen-bond donors (Lipinski definition) is 0. The largest absolute Gasteiger partial charge is 0.0760 e. The lowest BCUT2D eigenvalue weighted by Crippen LogP contribution is -1.90. The van der Waals surface area contributed by atoms with Gasteiger partial charge in [0.15, 0.2) is 0 Å². The summed E-state index contributed by atoms with van der Waals surface area (Å²) in [6, 6.07) is 26.2. The number of halogens is 1. The normalized spacial score (nSPS) is 13.3. The second-order valence-electron chi connectivity index (χ2n) is 6.29. The van der Waals surface area contributed by atoms with E-state index in [0.29, 0.717) is 0 Å². The predicted octanol–water partition coefficient (Wildman–Crippen LogP) is 7.21. The number of allylic oxidation sites excluding steroid dienone is 2. The van der Waals surface area contributed by atoms with Crippen LogP contribution in [-0.4, -0.2) is 0 Å². The summed E-state index contributed by atoms with van der Waals surface area (Å²) in [4.78, 5) is 0. The van der Waals surface area contributed by atoms with Crippen LogP contribution in [0.4, 0.5) is 0 Å². The highest BCUT2D eigenvalue weighted by Crippen LogP contribution is 2.46. The fourth-order valence-corrected chi connectivity index (χ4v) is 4.12. The maximum absolute atomic E-state index is 3.82. The van der Waals surface area contributed by atoms with Gasteiger partial charge in [-0.3, -0.25) is 0 Å². The molecule has 0 N–H and O–H groups in total. The van der Waals surface area contributed by atoms with Crippen LogP contribution in [0.1, 0.15) is 12.0 Å². The first kappa shape index (κ1) is 14.0. The Hall–Kier alpha value is -2.38. The van der Waals surface area contributed by atoms with Gasteiger partial charge in [-0.15, -0.1) is 0 Å². The molecule has 0 saturated carbocycles. The van der Waals surface area contributed by atoms with Gasteiger partial charge < -0.3 is 0 Å². The molecule has 4 aromatic carbocycles. The standard InChI is InChI=1S/C23H15Br/c24-21-14-12-16-6-2-4-8-19(16)23(21)22-18-7-3-1-5-15(18)11-13-20(22)17-9-10-17/h1-9,11-14H,10H2. The number of hydrogen-bond acceptors (Lipinski definition) is 0. The molecule has 0 amide bonds. The molecule has 1 aliphatic rings. The Labute approximate surface area is 149 Å². The van der Waals surface area contributed by atoms with Gasteiger partial charge in [0.25, 0.3) is 0 Å². The summed E-state index contributed by atoms with van der Waals surface area (Å²) in [6.07, 6.45) is 3.42. The van der Waals surface area contributed by atoms with Gasteiger partial charge in [-0.25, -0.2) is 0 Å². The van der Waals surface area contributed by atoms with Crippen LogP contribution in [0.25, 0.3) is 38.2 Å². The summed E-state index contributed by atoms with van der Waals surface area (Å²) in [5.41, 5.74) is 5.47. The smallest absolute Gasteiger partial charge is 0.0260 e. The third-order valence-corrected chi connectivity index (χ3v) is 5.47. The quantitative estimate of drug-likeness (QED) is 0.349. The number of fused-ring (bicyclic) bond motifs is 2. The van der Waals surface area contributed by atoms with E-state index >= 15 is 0 Å². The average molecular weight is 371 g/mol. The summed E-state index contributed by atoms with van der Waals surface area (Å²) < 4.78 is 1.15. The lowest BCUT2D eigenvalue weighted by Gasteiger charge is -2.16. The summed E-state index contributed by atoms with van der Waals surface area (Å²) in [7, 11) is 0. The van der Waals surface area contributed by atoms with Crippen molar-refractivity contribution in [2.45, 2.75) is 6.42 Å². The molecule has 24 heavy (non-hydrogen) atoms. The molecule has 0 bridgehead atoms. The van der Waals surface area contributed by atoms with Gasteiger partial charge in [0.2, 0.25) is 0 Å². The van der Waals surface area contributed by atoms with Crippen molar-refractivity contribution in [2.75, 3.05) is 0 Å². The zero-order chi connectivity index (χ0) is 16.1. The number of benzene rings is 4. The van der Waals surface area contributed by atoms with Crippen molar-refractivity contribution in [2.24, 2.45) is 0 Å². The molecule has 0 aliphatic heterocycles. The van der Waals surface area contributed by atoms with Gasteiger partial charge in [-0.05, 0) is 50.7 Å². The molecule has 5 rings (SSSR count). The SMILES string of the molecule is Brc1ccc2ccccc2c1-c1c(C2=CC2)ccc2ccccc12. The molecule has 0 nitrogen and oxygen atoms in total. The molecule has 0 radical (unpaired) electrons. The van der Waals surface area contributed by atoms with Gasteiger partial charge in [0, 0.05) is 10.0 Å². The predicted molar refractivity (Wildman–Crippen MR) is 107 cm³/mol. The Balaban J connectivity index is 1.98. The third-order valence-electron chi connectivity index (χ3n) is 4.81. The van der Waals surface area contributed by atoms with Crippen molar-refractivity contribution in [3.63, 3.8) is 0 Å². The van der Waals surface area contributed by atoms with Crippen LogP contribution in [0.3, 0.4) is 0 Å². The van der Waals surface area contributed by atoms with E-state index < -0.39 is 0 Å². The van der Waals surface area contributed by atoms with E-state index in [2.05, 4.69) is 94.8 Å². The molecular formula is C23H15Br. The summed E-state index contributed by atoms with van der Waals surface area (Å²) in [6.45, 7) is 0. The van der Waals surface area contributed by atoms with Crippen molar-refractivity contribution in [3.8, 4) is 11.1 Å². The van der Waals surface area contributed by atoms with Crippen molar-refractivity contribution in [1.82, 2.24) is 0 Å². The van der Waals surface area contributed by atoms with E-state index in [1.165, 1.54) is 43.8 Å². The minimum atomic E-state index is 1.10. The van der Waals surface area contributed by atoms with Crippen molar-refractivity contribution < 1.29 is 0 Å². The molecular weight excluding hydrogens is 356 g/mol. The molecule has 0 heterocycles. The summed E-state index contributed by atoms with van der Waals surface area (Å²) in [5.74, 6) is 0. The lowest BCUT2D eigenvalue weighted by atomic mass is 9.89. The summed E-state index contributed by atoms with van der Waals surface area (Å²) in [5, 5.41) is 5.18. The van der Waals surface area contributed by atoms with Gasteiger partial charge in [-0.1, -0.05) is 88.7 Å². The topological polar surface area (TPSA) is 0 Å². The van der Waals surface area contributed by atoms with Crippen LogP contribution in [0.5, 0.6) is 0 Å². The van der Waals surface area contributed by atoms with E-state index in [1.807, 2.05) is 0 Å². The van der Waals surface area contributed by atoms with Crippen LogP contribution in [0.15, 0.2) is 83.3 Å². The van der Waals surface area contributed by atoms with Gasteiger partial charge in [0.05, 0.1) is 0 Å². The van der Waals surface area contributed by atoms with Gasteiger partial charge in [-0.2, -0.15) is 0 Å². The Morgan fingerprint density at radius 3 is 1.88 bits per heavy atom. The fraction of sp³-hybridized carbons (Fsp3) is 0.0435. The molecule has 0 saturated heterocycles. The Morgan fingerprint density at radius 2 is 1.21 bits per heavy atom. The minimum Gasteiger partial charge on any atom is -0.0760 e. The highest BCUT2D eigenvalue weighted by molar-refractivity contribution is 9.10. The first-order valence-electron chi connectivity index (χ1n) is 8.22. The molecule has 0 aromatic heterocycles. The zero-order valence-corrected chi connectivity index (χ0v) is 14.7. The van der Waals surface area contributed by atoms with Crippen LogP contribution < -0.4 is 0 Å². The molecule has 114 valence electrons. The van der Waals surface area contributed by atoms with E-state index in [1.54, 1.807) is 0 Å². The average Bonchev–Trinajstić information content (AvgIpc) is 3.46. The highest BCUT2D eigenvalue weighted by Gasteiger charge is 2.20. The number of rotatable bonds is 2. The first-order chi connectivity index (χ1) is 11.8. The van der Waals surface area contributed by atoms with E-state index in [0.717, 1.165) is 10.9 Å². The van der Waals surface area contributed by atoms with Crippen molar-refractivity contribution in [1.29, 1.82) is 0 Å². The molecule has 1 heteroatoms. The van der Waals surface area contributed by atoms with E-state index in [4.69, 9.17) is 0 Å². The molecule has 1 aliphatic carbocycles. The molecule has 0 fully saturated rings. The lowest BCUT2D eigenvalue weighted by molar-refractivity contribution is 1.59. The van der Waals surface area contributed by atoms with Gasteiger partial charge >= 0.3 is 0 Å². The Kier molecular flexibility index (Phi) is 3.11. The van der Waals surface area contributed by atoms with Crippen LogP contribution in [-0.2, 0) is 0 Å². The van der Waals surface area contributed by atoms with Crippen molar-refractivity contribution in [3.05, 3.63) is 88.9 Å². The van der Waals surface area contributed by atoms with Crippen LogP contribution in [0.2, 0.25) is 0 Å². The molecule has 0 spiro atoms. The second kappa shape index (κ2) is 5.32. The van der Waals surface area contributed by atoms with Crippen molar-refractivity contribution >= 4 is 43.0 Å². The van der Waals surface area contributed by atoms with E-state index in [-0.39, 0.29) is 0 Å². The first-order valence-corrected chi connectivity index (χ1v) is 9.01. The molecule has 4 aromatic rings. The zero-order valence-electron chi connectivity index (χ0n) is 13.1. The van der Waals surface area contributed by atoms with Crippen LogP contribution >= 0.6 is 15.9 Å². The van der Waals surface area contributed by atoms with E-state index in [9.17, 15) is 0 Å². The third kappa shape index (κ3) is 2.12. The molecule has 0 unspecified atom stereocenters. The Morgan fingerprint density at radius 1 is 0.625 bits per heavy atom. The summed E-state index contributed by atoms with van der Waals surface area (Å²) >= 11 is 3.82.